The number of rotatable bonds is 8. The Balaban J connectivity index is 1.90. The molecule has 2 heteroatoms. The van der Waals surface area contributed by atoms with Crippen LogP contribution in [-0.4, -0.2) is 25.8 Å². The van der Waals surface area contributed by atoms with E-state index >= 15 is 0 Å². The van der Waals surface area contributed by atoms with Gasteiger partial charge in [-0.15, -0.1) is 0 Å². The lowest BCUT2D eigenvalue weighted by Gasteiger charge is -2.16. The van der Waals surface area contributed by atoms with Gasteiger partial charge in [-0.2, -0.15) is 0 Å². The average Bonchev–Trinajstić information content (AvgIpc) is 2.74. The summed E-state index contributed by atoms with van der Waals surface area (Å²) in [5.74, 6) is 0.767. The van der Waals surface area contributed by atoms with Crippen LogP contribution in [0.15, 0.2) is 0 Å². The van der Waals surface area contributed by atoms with Gasteiger partial charge >= 0.3 is 0 Å². The van der Waals surface area contributed by atoms with Gasteiger partial charge in [0.05, 0.1) is 6.61 Å². The third-order valence-corrected chi connectivity index (χ3v) is 3.27. The summed E-state index contributed by atoms with van der Waals surface area (Å²) >= 11 is 0. The molecule has 0 saturated carbocycles. The molecule has 0 aliphatic carbocycles. The topological polar surface area (TPSA) is 21.3 Å². The molecule has 0 amide bonds. The second kappa shape index (κ2) is 8.12. The number of ether oxygens (including phenoxy) is 1. The zero-order valence-corrected chi connectivity index (χ0v) is 10.4. The summed E-state index contributed by atoms with van der Waals surface area (Å²) in [6.07, 6.45) is 8.08. The highest BCUT2D eigenvalue weighted by Crippen LogP contribution is 2.11. The lowest BCUT2D eigenvalue weighted by molar-refractivity contribution is 0.184. The van der Waals surface area contributed by atoms with Gasteiger partial charge in [0.2, 0.25) is 0 Å². The molecule has 0 radical (unpaired) electrons. The molecule has 1 saturated heterocycles. The fourth-order valence-corrected chi connectivity index (χ4v) is 2.09. The van der Waals surface area contributed by atoms with Gasteiger partial charge in [-0.25, -0.2) is 0 Å². The lowest BCUT2D eigenvalue weighted by Crippen LogP contribution is -2.31. The number of hydrogen-bond acceptors (Lipinski definition) is 2. The molecule has 0 aromatic carbocycles. The molecule has 15 heavy (non-hydrogen) atoms. The first kappa shape index (κ1) is 13.0. The molecular weight excluding hydrogens is 186 g/mol. The van der Waals surface area contributed by atoms with Gasteiger partial charge in [0, 0.05) is 19.2 Å². The van der Waals surface area contributed by atoms with Crippen LogP contribution in [0.5, 0.6) is 0 Å². The standard InChI is InChI=1S/C13H27NO/c1-3-4-5-6-7-12(2)14-10-13-8-9-15-11-13/h12-14H,3-11H2,1-2H3. The van der Waals surface area contributed by atoms with Crippen LogP contribution in [0.25, 0.3) is 0 Å². The molecule has 90 valence electrons. The highest BCUT2D eigenvalue weighted by Gasteiger charge is 2.15. The van der Waals surface area contributed by atoms with Crippen molar-refractivity contribution >= 4 is 0 Å². The van der Waals surface area contributed by atoms with Crippen molar-refractivity contribution < 1.29 is 4.74 Å². The molecule has 0 aromatic rings. The van der Waals surface area contributed by atoms with E-state index in [9.17, 15) is 0 Å². The van der Waals surface area contributed by atoms with Crippen LogP contribution in [0.2, 0.25) is 0 Å². The molecule has 0 aromatic heterocycles. The van der Waals surface area contributed by atoms with Gasteiger partial charge in [0.15, 0.2) is 0 Å². The smallest absolute Gasteiger partial charge is 0.0507 e. The maximum atomic E-state index is 5.36. The van der Waals surface area contributed by atoms with Crippen molar-refractivity contribution in [1.29, 1.82) is 0 Å². The third-order valence-electron chi connectivity index (χ3n) is 3.27. The second-order valence-corrected chi connectivity index (χ2v) is 4.89. The zero-order valence-electron chi connectivity index (χ0n) is 10.4. The Morgan fingerprint density at radius 2 is 2.20 bits per heavy atom. The highest BCUT2D eigenvalue weighted by molar-refractivity contribution is 4.69. The van der Waals surface area contributed by atoms with E-state index in [0.29, 0.717) is 6.04 Å². The van der Waals surface area contributed by atoms with Crippen LogP contribution in [-0.2, 0) is 4.74 Å². The van der Waals surface area contributed by atoms with Crippen LogP contribution in [0.1, 0.15) is 52.4 Å². The monoisotopic (exact) mass is 213 g/mol. The van der Waals surface area contributed by atoms with Crippen LogP contribution in [0.4, 0.5) is 0 Å². The van der Waals surface area contributed by atoms with E-state index < -0.39 is 0 Å². The molecule has 1 fully saturated rings. The predicted molar refractivity (Wildman–Crippen MR) is 65.1 cm³/mol. The van der Waals surface area contributed by atoms with Gasteiger partial charge in [-0.05, 0) is 25.7 Å². The molecule has 1 rings (SSSR count). The molecule has 2 atom stereocenters. The van der Waals surface area contributed by atoms with Crippen molar-refractivity contribution in [3.05, 3.63) is 0 Å². The molecule has 2 nitrogen and oxygen atoms in total. The Kier molecular flexibility index (Phi) is 7.03. The molecule has 0 spiro atoms. The van der Waals surface area contributed by atoms with E-state index in [-0.39, 0.29) is 0 Å². The summed E-state index contributed by atoms with van der Waals surface area (Å²) in [5, 5.41) is 3.62. The van der Waals surface area contributed by atoms with E-state index in [1.807, 2.05) is 0 Å². The van der Waals surface area contributed by atoms with Crippen LogP contribution in [0.3, 0.4) is 0 Å². The second-order valence-electron chi connectivity index (χ2n) is 4.89. The number of hydrogen-bond donors (Lipinski definition) is 1. The van der Waals surface area contributed by atoms with Crippen molar-refractivity contribution in [3.63, 3.8) is 0 Å². The van der Waals surface area contributed by atoms with Gasteiger partial charge in [-0.1, -0.05) is 32.6 Å². The molecular formula is C13H27NO. The van der Waals surface area contributed by atoms with E-state index in [0.717, 1.165) is 25.7 Å². The Morgan fingerprint density at radius 1 is 1.33 bits per heavy atom. The largest absolute Gasteiger partial charge is 0.381 e. The van der Waals surface area contributed by atoms with Gasteiger partial charge in [0.1, 0.15) is 0 Å². The first-order valence-corrected chi connectivity index (χ1v) is 6.64. The first-order chi connectivity index (χ1) is 7.33. The number of nitrogens with one attached hydrogen (secondary N) is 1. The Bertz CT molecular complexity index is 143. The van der Waals surface area contributed by atoms with Gasteiger partial charge in [-0.3, -0.25) is 0 Å². The minimum atomic E-state index is 0.683. The first-order valence-electron chi connectivity index (χ1n) is 6.64. The SMILES string of the molecule is CCCCCCC(C)NCC1CCOC1. The van der Waals surface area contributed by atoms with E-state index in [1.54, 1.807) is 0 Å². The predicted octanol–water partition coefficient (Wildman–Crippen LogP) is 2.97. The fraction of sp³-hybridized carbons (Fsp3) is 1.00. The molecule has 2 unspecified atom stereocenters. The van der Waals surface area contributed by atoms with Crippen molar-refractivity contribution in [2.45, 2.75) is 58.4 Å². The van der Waals surface area contributed by atoms with Crippen molar-refractivity contribution in [2.75, 3.05) is 19.8 Å². The fourth-order valence-electron chi connectivity index (χ4n) is 2.09. The van der Waals surface area contributed by atoms with Crippen molar-refractivity contribution in [3.8, 4) is 0 Å². The average molecular weight is 213 g/mol. The Labute approximate surface area is 94.8 Å². The van der Waals surface area contributed by atoms with Gasteiger partial charge in [0.25, 0.3) is 0 Å². The Morgan fingerprint density at radius 3 is 2.87 bits per heavy atom. The van der Waals surface area contributed by atoms with Crippen molar-refractivity contribution in [1.82, 2.24) is 5.32 Å². The summed E-state index contributed by atoms with van der Waals surface area (Å²) in [6, 6.07) is 0.683. The van der Waals surface area contributed by atoms with Crippen LogP contribution >= 0.6 is 0 Å². The maximum absolute atomic E-state index is 5.36. The third kappa shape index (κ3) is 6.16. The summed E-state index contributed by atoms with van der Waals surface area (Å²) in [4.78, 5) is 0. The highest BCUT2D eigenvalue weighted by atomic mass is 16.5. The van der Waals surface area contributed by atoms with E-state index in [2.05, 4.69) is 19.2 Å². The lowest BCUT2D eigenvalue weighted by atomic mass is 10.1. The molecule has 1 N–H and O–H groups in total. The summed E-state index contributed by atoms with van der Waals surface area (Å²) < 4.78 is 5.36. The molecule has 1 aliphatic rings. The molecule has 1 heterocycles. The minimum Gasteiger partial charge on any atom is -0.381 e. The van der Waals surface area contributed by atoms with E-state index in [4.69, 9.17) is 4.74 Å². The summed E-state index contributed by atoms with van der Waals surface area (Å²) in [5.41, 5.74) is 0. The molecule has 1 aliphatic heterocycles. The minimum absolute atomic E-state index is 0.683. The normalized spacial score (nSPS) is 23.2. The molecule has 0 bridgehead atoms. The number of unbranched alkanes of at least 4 members (excludes halogenated alkanes) is 3. The summed E-state index contributed by atoms with van der Waals surface area (Å²) in [6.45, 7) is 7.66. The maximum Gasteiger partial charge on any atom is 0.0507 e. The van der Waals surface area contributed by atoms with Crippen molar-refractivity contribution in [2.24, 2.45) is 5.92 Å². The summed E-state index contributed by atoms with van der Waals surface area (Å²) in [7, 11) is 0. The Hall–Kier alpha value is -0.0800. The quantitative estimate of drug-likeness (QED) is 0.626. The van der Waals surface area contributed by atoms with Crippen LogP contribution in [0, 0.1) is 5.92 Å². The van der Waals surface area contributed by atoms with E-state index in [1.165, 1.54) is 38.5 Å². The van der Waals surface area contributed by atoms with Gasteiger partial charge < -0.3 is 10.1 Å². The zero-order chi connectivity index (χ0) is 10.9. The van der Waals surface area contributed by atoms with Crippen LogP contribution < -0.4 is 5.32 Å².